The maximum Gasteiger partial charge on any atom is 0.335 e. The molecule has 1 aromatic heterocycles. The Kier molecular flexibility index (Phi) is 3.08. The van der Waals surface area contributed by atoms with E-state index in [0.717, 1.165) is 16.3 Å². The van der Waals surface area contributed by atoms with Crippen LogP contribution in [0, 0.1) is 0 Å². The zero-order chi connectivity index (χ0) is 15.8. The number of rotatable bonds is 3. The zero-order valence-electron chi connectivity index (χ0n) is 12.2. The van der Waals surface area contributed by atoms with Crippen LogP contribution in [-0.4, -0.2) is 16.1 Å². The van der Waals surface area contributed by atoms with Gasteiger partial charge in [0, 0.05) is 5.39 Å². The second-order valence-electron chi connectivity index (χ2n) is 5.38. The zero-order valence-corrected chi connectivity index (χ0v) is 12.2. The fourth-order valence-electron chi connectivity index (χ4n) is 2.83. The molecule has 0 fully saturated rings. The standard InChI is InChI=1S/C19H13NO3/c21-19(22)15-8-4-2-6-13(15)11-17-20-18-14-7-3-1-5-12(14)9-10-16(18)23-17/h1-10H,11H2,(H,21,22). The molecule has 3 aromatic carbocycles. The normalized spacial score (nSPS) is 11.1. The summed E-state index contributed by atoms with van der Waals surface area (Å²) in [5, 5.41) is 11.4. The number of carbonyl (C=O) groups is 1. The second kappa shape index (κ2) is 5.25. The number of carboxylic acids is 1. The highest BCUT2D eigenvalue weighted by atomic mass is 16.4. The Morgan fingerprint density at radius 2 is 1.78 bits per heavy atom. The number of hydrogen-bond acceptors (Lipinski definition) is 3. The molecular weight excluding hydrogens is 290 g/mol. The number of nitrogens with zero attached hydrogens (tertiary/aromatic N) is 1. The van der Waals surface area contributed by atoms with Gasteiger partial charge in [-0.15, -0.1) is 0 Å². The Hall–Kier alpha value is -3.14. The molecule has 0 aliphatic heterocycles. The van der Waals surface area contributed by atoms with Gasteiger partial charge in [0.25, 0.3) is 0 Å². The second-order valence-corrected chi connectivity index (χ2v) is 5.38. The fraction of sp³-hybridized carbons (Fsp3) is 0.0526. The number of fused-ring (bicyclic) bond motifs is 3. The van der Waals surface area contributed by atoms with Crippen LogP contribution >= 0.6 is 0 Å². The highest BCUT2D eigenvalue weighted by Crippen LogP contribution is 2.26. The lowest BCUT2D eigenvalue weighted by Gasteiger charge is -2.02. The average molecular weight is 303 g/mol. The van der Waals surface area contributed by atoms with Gasteiger partial charge in [0.05, 0.1) is 12.0 Å². The van der Waals surface area contributed by atoms with Crippen LogP contribution in [-0.2, 0) is 6.42 Å². The summed E-state index contributed by atoms with van der Waals surface area (Å²) in [5.41, 5.74) is 2.49. The SMILES string of the molecule is O=C(O)c1ccccc1Cc1nc2c(ccc3ccccc32)o1. The average Bonchev–Trinajstić information content (AvgIpc) is 2.98. The van der Waals surface area contributed by atoms with E-state index in [9.17, 15) is 9.90 Å². The van der Waals surface area contributed by atoms with Crippen LogP contribution in [0.4, 0.5) is 0 Å². The molecule has 0 spiro atoms. The summed E-state index contributed by atoms with van der Waals surface area (Å²) in [5.74, 6) is -0.424. The van der Waals surface area contributed by atoms with E-state index < -0.39 is 5.97 Å². The summed E-state index contributed by atoms with van der Waals surface area (Å²) in [4.78, 5) is 15.9. The van der Waals surface area contributed by atoms with Gasteiger partial charge in [0.1, 0.15) is 5.52 Å². The molecule has 0 atom stereocenters. The lowest BCUT2D eigenvalue weighted by Crippen LogP contribution is -2.02. The van der Waals surface area contributed by atoms with E-state index in [-0.39, 0.29) is 5.56 Å². The van der Waals surface area contributed by atoms with Crippen LogP contribution in [0.2, 0.25) is 0 Å². The number of benzene rings is 3. The Morgan fingerprint density at radius 1 is 1.00 bits per heavy atom. The maximum atomic E-state index is 11.3. The lowest BCUT2D eigenvalue weighted by molar-refractivity contribution is 0.0696. The molecule has 0 bridgehead atoms. The molecule has 4 nitrogen and oxygen atoms in total. The molecule has 0 saturated carbocycles. The topological polar surface area (TPSA) is 63.3 Å². The third-order valence-corrected chi connectivity index (χ3v) is 3.92. The quantitative estimate of drug-likeness (QED) is 0.614. The predicted octanol–water partition coefficient (Wildman–Crippen LogP) is 4.27. The molecule has 4 aromatic rings. The van der Waals surface area contributed by atoms with Crippen LogP contribution in [0.1, 0.15) is 21.8 Å². The number of aromatic nitrogens is 1. The molecule has 1 heterocycles. The van der Waals surface area contributed by atoms with Crippen molar-refractivity contribution in [1.82, 2.24) is 4.98 Å². The van der Waals surface area contributed by atoms with Crippen LogP contribution in [0.15, 0.2) is 65.1 Å². The van der Waals surface area contributed by atoms with Gasteiger partial charge < -0.3 is 9.52 Å². The minimum Gasteiger partial charge on any atom is -0.478 e. The van der Waals surface area contributed by atoms with Crippen molar-refractivity contribution in [3.63, 3.8) is 0 Å². The number of carboxylic acid groups (broad SMARTS) is 1. The predicted molar refractivity (Wildman–Crippen MR) is 87.7 cm³/mol. The number of oxazole rings is 1. The largest absolute Gasteiger partial charge is 0.478 e. The van der Waals surface area contributed by atoms with Crippen LogP contribution in [0.5, 0.6) is 0 Å². The van der Waals surface area contributed by atoms with Crippen molar-refractivity contribution in [3.05, 3.63) is 77.7 Å². The van der Waals surface area contributed by atoms with Crippen molar-refractivity contribution in [1.29, 1.82) is 0 Å². The van der Waals surface area contributed by atoms with Gasteiger partial charge in [0.15, 0.2) is 11.5 Å². The van der Waals surface area contributed by atoms with Gasteiger partial charge in [-0.3, -0.25) is 0 Å². The summed E-state index contributed by atoms with van der Waals surface area (Å²) in [6, 6.07) is 18.8. The Balaban J connectivity index is 1.82. The van der Waals surface area contributed by atoms with E-state index in [1.54, 1.807) is 18.2 Å². The first-order chi connectivity index (χ1) is 11.2. The van der Waals surface area contributed by atoms with Crippen molar-refractivity contribution >= 4 is 27.8 Å². The third kappa shape index (κ3) is 2.34. The van der Waals surface area contributed by atoms with Gasteiger partial charge in [-0.2, -0.15) is 0 Å². The first-order valence-corrected chi connectivity index (χ1v) is 7.31. The Bertz CT molecular complexity index is 1030. The van der Waals surface area contributed by atoms with Gasteiger partial charge in [0.2, 0.25) is 0 Å². The fourth-order valence-corrected chi connectivity index (χ4v) is 2.83. The van der Waals surface area contributed by atoms with Gasteiger partial charge >= 0.3 is 5.97 Å². The van der Waals surface area contributed by atoms with E-state index in [2.05, 4.69) is 4.98 Å². The number of hydrogen-bond donors (Lipinski definition) is 1. The van der Waals surface area contributed by atoms with Crippen molar-refractivity contribution in [2.24, 2.45) is 0 Å². The van der Waals surface area contributed by atoms with Gasteiger partial charge in [-0.05, 0) is 23.1 Å². The molecule has 0 saturated heterocycles. The molecule has 0 aliphatic carbocycles. The number of aromatic carboxylic acids is 1. The van der Waals surface area contributed by atoms with Crippen molar-refractivity contribution < 1.29 is 14.3 Å². The van der Waals surface area contributed by atoms with Gasteiger partial charge in [-0.25, -0.2) is 9.78 Å². The highest BCUT2D eigenvalue weighted by Gasteiger charge is 2.14. The molecule has 0 aliphatic rings. The monoisotopic (exact) mass is 303 g/mol. The van der Waals surface area contributed by atoms with E-state index in [0.29, 0.717) is 23.5 Å². The molecule has 0 radical (unpaired) electrons. The molecular formula is C19H13NO3. The van der Waals surface area contributed by atoms with Crippen LogP contribution in [0.3, 0.4) is 0 Å². The molecule has 4 rings (SSSR count). The molecule has 0 amide bonds. The van der Waals surface area contributed by atoms with E-state index in [1.165, 1.54) is 0 Å². The minimum atomic E-state index is -0.942. The summed E-state index contributed by atoms with van der Waals surface area (Å²) < 4.78 is 5.81. The third-order valence-electron chi connectivity index (χ3n) is 3.92. The van der Waals surface area contributed by atoms with E-state index in [1.807, 2.05) is 42.5 Å². The molecule has 0 unspecified atom stereocenters. The minimum absolute atomic E-state index is 0.277. The maximum absolute atomic E-state index is 11.3. The summed E-state index contributed by atoms with van der Waals surface area (Å²) in [6.07, 6.45) is 0.353. The van der Waals surface area contributed by atoms with Crippen molar-refractivity contribution in [2.45, 2.75) is 6.42 Å². The summed E-state index contributed by atoms with van der Waals surface area (Å²) in [6.45, 7) is 0. The highest BCUT2D eigenvalue weighted by molar-refractivity contribution is 6.03. The van der Waals surface area contributed by atoms with Crippen molar-refractivity contribution in [2.75, 3.05) is 0 Å². The van der Waals surface area contributed by atoms with E-state index >= 15 is 0 Å². The molecule has 1 N–H and O–H groups in total. The first kappa shape index (κ1) is 13.5. The summed E-state index contributed by atoms with van der Waals surface area (Å²) >= 11 is 0. The lowest BCUT2D eigenvalue weighted by atomic mass is 10.0. The Labute approximate surface area is 132 Å². The smallest absolute Gasteiger partial charge is 0.335 e. The van der Waals surface area contributed by atoms with Crippen LogP contribution < -0.4 is 0 Å². The first-order valence-electron chi connectivity index (χ1n) is 7.31. The summed E-state index contributed by atoms with van der Waals surface area (Å²) in [7, 11) is 0. The van der Waals surface area contributed by atoms with Gasteiger partial charge in [-0.1, -0.05) is 48.5 Å². The van der Waals surface area contributed by atoms with Crippen molar-refractivity contribution in [3.8, 4) is 0 Å². The molecule has 4 heteroatoms. The molecule has 112 valence electrons. The van der Waals surface area contributed by atoms with Crippen LogP contribution in [0.25, 0.3) is 21.9 Å². The molecule has 23 heavy (non-hydrogen) atoms. The Morgan fingerprint density at radius 3 is 2.65 bits per heavy atom. The van der Waals surface area contributed by atoms with E-state index in [4.69, 9.17) is 4.42 Å².